The molecule has 0 atom stereocenters. The summed E-state index contributed by atoms with van der Waals surface area (Å²) < 4.78 is 45.0. The minimum atomic E-state index is -4.50. The van der Waals surface area contributed by atoms with Crippen LogP contribution in [-0.2, 0) is 19.8 Å². The van der Waals surface area contributed by atoms with E-state index >= 15 is 0 Å². The maximum Gasteiger partial charge on any atom is 0.417 e. The lowest BCUT2D eigenvalue weighted by molar-refractivity contribution is -0.137. The molecule has 2 aromatic rings. The molecule has 0 aliphatic carbocycles. The Balaban J connectivity index is 0.00000420. The Bertz CT molecular complexity index is 815. The van der Waals surface area contributed by atoms with Gasteiger partial charge in [-0.3, -0.25) is 4.68 Å². The molecule has 0 aliphatic rings. The van der Waals surface area contributed by atoms with Gasteiger partial charge in [0.1, 0.15) is 11.6 Å². The summed E-state index contributed by atoms with van der Waals surface area (Å²) in [7, 11) is 3.74. The van der Waals surface area contributed by atoms with Gasteiger partial charge in [-0.15, -0.1) is 24.0 Å². The minimum absolute atomic E-state index is 0. The summed E-state index contributed by atoms with van der Waals surface area (Å²) in [6.45, 7) is 3.65. The number of hydrogen-bond donors (Lipinski definition) is 1. The Hall–Kier alpha value is -1.76. The number of ether oxygens (including phenoxy) is 1. The van der Waals surface area contributed by atoms with Crippen molar-refractivity contribution < 1.29 is 17.9 Å². The number of guanidine groups is 1. The van der Waals surface area contributed by atoms with Crippen LogP contribution in [0.25, 0.3) is 0 Å². The second kappa shape index (κ2) is 11.4. The largest absolute Gasteiger partial charge is 0.475 e. The molecule has 29 heavy (non-hydrogen) atoms. The number of nitrogens with zero attached hydrogens (tertiary/aromatic N) is 5. The Morgan fingerprint density at radius 2 is 2.10 bits per heavy atom. The Morgan fingerprint density at radius 3 is 2.66 bits per heavy atom. The average molecular weight is 547 g/mol. The molecule has 0 aliphatic heterocycles. The van der Waals surface area contributed by atoms with Crippen molar-refractivity contribution in [1.29, 1.82) is 0 Å². The van der Waals surface area contributed by atoms with Crippen LogP contribution in [0, 0.1) is 0 Å². The molecule has 0 spiro atoms. The first kappa shape index (κ1) is 25.3. The highest BCUT2D eigenvalue weighted by molar-refractivity contribution is 14.0. The Kier molecular flexibility index (Phi) is 9.96. The number of aryl methyl sites for hydroxylation is 1. The van der Waals surface area contributed by atoms with Crippen LogP contribution in [0.5, 0.6) is 5.88 Å². The van der Waals surface area contributed by atoms with Crippen molar-refractivity contribution in [2.75, 3.05) is 26.7 Å². The third-order valence-electron chi connectivity index (χ3n) is 3.60. The van der Waals surface area contributed by atoms with Gasteiger partial charge >= 0.3 is 6.18 Å². The first-order valence-electron chi connectivity index (χ1n) is 8.53. The van der Waals surface area contributed by atoms with Crippen molar-refractivity contribution >= 4 is 41.5 Å². The minimum Gasteiger partial charge on any atom is -0.475 e. The normalized spacial score (nSPS) is 11.8. The number of hydrogen-bond acceptors (Lipinski definition) is 4. The maximum absolute atomic E-state index is 12.6. The Morgan fingerprint density at radius 1 is 1.38 bits per heavy atom. The molecule has 0 amide bonds. The number of nitrogens with one attached hydrogen (secondary N) is 1. The molecular weight excluding hydrogens is 524 g/mol. The van der Waals surface area contributed by atoms with Crippen LogP contribution in [0.4, 0.5) is 13.2 Å². The van der Waals surface area contributed by atoms with Crippen LogP contribution in [0.3, 0.4) is 0 Å². The van der Waals surface area contributed by atoms with Crippen molar-refractivity contribution in [3.8, 4) is 5.88 Å². The SMILES string of the molecule is CCNC(=NCCOc1ncc(C(F)(F)F)cc1Cl)N(C)Cc1cnn(C)c1.I. The van der Waals surface area contributed by atoms with Crippen LogP contribution in [0.1, 0.15) is 18.1 Å². The lowest BCUT2D eigenvalue weighted by Crippen LogP contribution is -2.38. The summed E-state index contributed by atoms with van der Waals surface area (Å²) in [6, 6.07) is 0.791. The maximum atomic E-state index is 12.6. The fourth-order valence-corrected chi connectivity index (χ4v) is 2.57. The molecule has 0 saturated carbocycles. The second-order valence-electron chi connectivity index (χ2n) is 5.97. The van der Waals surface area contributed by atoms with E-state index in [1.165, 1.54) is 0 Å². The van der Waals surface area contributed by atoms with E-state index in [1.54, 1.807) is 10.9 Å². The number of pyridine rings is 1. The van der Waals surface area contributed by atoms with E-state index in [-0.39, 0.29) is 48.0 Å². The molecule has 0 aromatic carbocycles. The standard InChI is InChI=1S/C17H22ClF3N6O.HI/c1-4-22-16(26(2)10-12-8-25-27(3)11-12)23-5-6-28-15-14(18)7-13(9-24-15)17(19,20)21;/h7-9,11H,4-6,10H2,1-3H3,(H,22,23);1H. The zero-order chi connectivity index (χ0) is 20.7. The molecule has 0 radical (unpaired) electrons. The van der Waals surface area contributed by atoms with Crippen molar-refractivity contribution in [3.63, 3.8) is 0 Å². The molecule has 162 valence electrons. The van der Waals surface area contributed by atoms with E-state index in [1.807, 2.05) is 32.1 Å². The van der Waals surface area contributed by atoms with Gasteiger partial charge in [0, 0.05) is 45.1 Å². The molecule has 2 aromatic heterocycles. The van der Waals surface area contributed by atoms with Gasteiger partial charge < -0.3 is 15.0 Å². The van der Waals surface area contributed by atoms with Crippen LogP contribution < -0.4 is 10.1 Å². The molecular formula is C17H23ClF3IN6O. The van der Waals surface area contributed by atoms with Gasteiger partial charge in [0.15, 0.2) is 5.96 Å². The van der Waals surface area contributed by atoms with E-state index in [2.05, 4.69) is 20.4 Å². The molecule has 0 unspecified atom stereocenters. The zero-order valence-electron chi connectivity index (χ0n) is 16.2. The van der Waals surface area contributed by atoms with Gasteiger partial charge in [-0.1, -0.05) is 11.6 Å². The fourth-order valence-electron chi connectivity index (χ4n) is 2.35. The summed E-state index contributed by atoms with van der Waals surface area (Å²) in [5.74, 6) is 0.611. The molecule has 7 nitrogen and oxygen atoms in total. The summed E-state index contributed by atoms with van der Waals surface area (Å²) in [5, 5.41) is 7.11. The molecule has 0 bridgehead atoms. The van der Waals surface area contributed by atoms with Gasteiger partial charge in [0.05, 0.1) is 18.3 Å². The van der Waals surface area contributed by atoms with Gasteiger partial charge in [0.2, 0.25) is 5.88 Å². The highest BCUT2D eigenvalue weighted by Crippen LogP contribution is 2.32. The third kappa shape index (κ3) is 7.88. The first-order chi connectivity index (χ1) is 13.2. The average Bonchev–Trinajstić information content (AvgIpc) is 3.02. The van der Waals surface area contributed by atoms with E-state index in [0.29, 0.717) is 25.2 Å². The molecule has 12 heteroatoms. The quantitative estimate of drug-likeness (QED) is 0.249. The predicted molar refractivity (Wildman–Crippen MR) is 116 cm³/mol. The lowest BCUT2D eigenvalue weighted by atomic mass is 10.3. The predicted octanol–water partition coefficient (Wildman–Crippen LogP) is 3.58. The van der Waals surface area contributed by atoms with Crippen molar-refractivity contribution in [3.05, 3.63) is 40.8 Å². The van der Waals surface area contributed by atoms with E-state index in [9.17, 15) is 13.2 Å². The smallest absolute Gasteiger partial charge is 0.417 e. The van der Waals surface area contributed by atoms with Crippen LogP contribution in [0.2, 0.25) is 5.02 Å². The summed E-state index contributed by atoms with van der Waals surface area (Å²) >= 11 is 5.82. The van der Waals surface area contributed by atoms with E-state index in [0.717, 1.165) is 11.6 Å². The van der Waals surface area contributed by atoms with Crippen LogP contribution in [0.15, 0.2) is 29.6 Å². The highest BCUT2D eigenvalue weighted by atomic mass is 127. The van der Waals surface area contributed by atoms with Crippen molar-refractivity contribution in [1.82, 2.24) is 25.0 Å². The number of rotatable bonds is 7. The van der Waals surface area contributed by atoms with Gasteiger partial charge in [-0.25, -0.2) is 9.98 Å². The molecule has 0 fully saturated rings. The molecule has 1 N–H and O–H groups in total. The number of aliphatic imine (C=N–C) groups is 1. The zero-order valence-corrected chi connectivity index (χ0v) is 19.3. The second-order valence-corrected chi connectivity index (χ2v) is 6.38. The Labute approximate surface area is 189 Å². The van der Waals surface area contributed by atoms with Gasteiger partial charge in [0.25, 0.3) is 0 Å². The van der Waals surface area contributed by atoms with Gasteiger partial charge in [-0.05, 0) is 13.0 Å². The molecule has 2 rings (SSSR count). The van der Waals surface area contributed by atoms with Crippen LogP contribution in [-0.4, -0.2) is 52.4 Å². The van der Waals surface area contributed by atoms with E-state index in [4.69, 9.17) is 16.3 Å². The fraction of sp³-hybridized carbons (Fsp3) is 0.471. The molecule has 0 saturated heterocycles. The third-order valence-corrected chi connectivity index (χ3v) is 3.87. The summed E-state index contributed by atoms with van der Waals surface area (Å²) in [6.07, 6.45) is -0.113. The lowest BCUT2D eigenvalue weighted by Gasteiger charge is -2.21. The van der Waals surface area contributed by atoms with Crippen LogP contribution >= 0.6 is 35.6 Å². The monoisotopic (exact) mass is 546 g/mol. The summed E-state index contributed by atoms with van der Waals surface area (Å²) in [5.41, 5.74) is 0.113. The van der Waals surface area contributed by atoms with Crippen molar-refractivity contribution in [2.24, 2.45) is 12.0 Å². The number of halogens is 5. The molecule has 2 heterocycles. The summed E-state index contributed by atoms with van der Waals surface area (Å²) in [4.78, 5) is 10.0. The number of alkyl halides is 3. The topological polar surface area (TPSA) is 67.6 Å². The van der Waals surface area contributed by atoms with E-state index < -0.39 is 11.7 Å². The number of aromatic nitrogens is 3. The van der Waals surface area contributed by atoms with Gasteiger partial charge in [-0.2, -0.15) is 18.3 Å². The van der Waals surface area contributed by atoms with Crippen molar-refractivity contribution in [2.45, 2.75) is 19.6 Å². The first-order valence-corrected chi connectivity index (χ1v) is 8.91. The highest BCUT2D eigenvalue weighted by Gasteiger charge is 2.31.